The van der Waals surface area contributed by atoms with Crippen molar-refractivity contribution in [2.45, 2.75) is 191 Å². The molecule has 0 saturated carbocycles. The summed E-state index contributed by atoms with van der Waals surface area (Å²) in [5.74, 6) is -10.5. The van der Waals surface area contributed by atoms with Gasteiger partial charge in [0.25, 0.3) is 5.91 Å². The van der Waals surface area contributed by atoms with Crippen molar-refractivity contribution < 1.29 is 67.7 Å². The Morgan fingerprint density at radius 1 is 0.573 bits per heavy atom. The SMILES string of the molecule is CC(=O)N1C(=O)[C@@H](C)NC(=O)[C@@H]2CCCN2C(=O)[C@H](CCCCNC(C)C)NC(=O)[C@H](CC(C)C)NC(=O)[C@@H](CCCCNC(N)=O)NC(=O)[C@H](Cc2ccc(O)cc2)NC(=O)[C@H](CO)NC(=O)[C@@H](Cc2cccnc2)NC(=O)[C@@H](Cc2ccc(Cl)cc2)NC(=O)[C@H]1Cc1ccc2ccccc2c1. The van der Waals surface area contributed by atoms with Crippen LogP contribution in [0.15, 0.2) is 116 Å². The number of imide groups is 1. The molecule has 103 heavy (non-hydrogen) atoms. The van der Waals surface area contributed by atoms with Crippen molar-refractivity contribution in [3.05, 3.63) is 143 Å². The number of aromatic nitrogens is 1. The van der Waals surface area contributed by atoms with E-state index in [-0.39, 0.29) is 95.0 Å². The molecule has 5 aromatic rings. The van der Waals surface area contributed by atoms with Gasteiger partial charge in [0.05, 0.1) is 6.61 Å². The third-order valence-electron chi connectivity index (χ3n) is 17.9. The molecule has 28 nitrogen and oxygen atoms in total. The van der Waals surface area contributed by atoms with Crippen LogP contribution in [0.1, 0.15) is 122 Å². The first-order chi connectivity index (χ1) is 49.2. The van der Waals surface area contributed by atoms with Crippen LogP contribution in [-0.2, 0) is 78.4 Å². The molecule has 14 N–H and O–H groups in total. The summed E-state index contributed by atoms with van der Waals surface area (Å²) in [6, 6.07) is 11.9. The molecule has 0 spiro atoms. The van der Waals surface area contributed by atoms with Crippen LogP contribution >= 0.6 is 11.6 Å². The van der Waals surface area contributed by atoms with Crippen LogP contribution in [0.2, 0.25) is 5.02 Å². The van der Waals surface area contributed by atoms with Crippen LogP contribution in [-0.4, -0.2) is 189 Å². The molecule has 0 bridgehead atoms. The van der Waals surface area contributed by atoms with Crippen LogP contribution in [0.4, 0.5) is 4.79 Å². The first kappa shape index (κ1) is 80.3. The number of aliphatic hydroxyl groups excluding tert-OH is 1. The molecule has 0 unspecified atom stereocenters. The maximum absolute atomic E-state index is 15.5. The van der Waals surface area contributed by atoms with Gasteiger partial charge in [-0.2, -0.15) is 0 Å². The number of hydrogen-bond donors (Lipinski definition) is 13. The highest BCUT2D eigenvalue weighted by Crippen LogP contribution is 2.24. The highest BCUT2D eigenvalue weighted by Gasteiger charge is 2.43. The number of amides is 13. The monoisotopic (exact) mass is 1440 g/mol. The molecule has 554 valence electrons. The van der Waals surface area contributed by atoms with E-state index in [1.807, 2.05) is 38.1 Å². The van der Waals surface area contributed by atoms with Gasteiger partial charge in [-0.3, -0.25) is 62.6 Å². The average molecular weight is 1440 g/mol. The summed E-state index contributed by atoms with van der Waals surface area (Å²) in [5.41, 5.74) is 7.05. The Bertz CT molecular complexity index is 3770. The molecule has 7 rings (SSSR count). The Balaban J connectivity index is 1.34. The number of pyridine rings is 1. The number of phenolic OH excluding ortho intramolecular Hbond substituents is 1. The van der Waals surface area contributed by atoms with E-state index in [0.717, 1.165) is 17.7 Å². The summed E-state index contributed by atoms with van der Waals surface area (Å²) >= 11 is 6.32. The molecule has 3 heterocycles. The number of aliphatic hydroxyl groups is 1. The molecule has 29 heteroatoms. The highest BCUT2D eigenvalue weighted by molar-refractivity contribution is 6.30. The van der Waals surface area contributed by atoms with Crippen LogP contribution in [0.25, 0.3) is 10.8 Å². The van der Waals surface area contributed by atoms with Crippen molar-refractivity contribution in [3.63, 3.8) is 0 Å². The predicted octanol–water partition coefficient (Wildman–Crippen LogP) is 2.56. The lowest BCUT2D eigenvalue weighted by Crippen LogP contribution is -2.63. The fraction of sp³-hybridized carbons (Fsp3) is 0.473. The zero-order valence-corrected chi connectivity index (χ0v) is 59.8. The Morgan fingerprint density at radius 2 is 1.10 bits per heavy atom. The molecule has 2 saturated heterocycles. The van der Waals surface area contributed by atoms with E-state index in [1.54, 1.807) is 68.4 Å². The number of halogens is 1. The minimum absolute atomic E-state index is 0.0211. The zero-order valence-electron chi connectivity index (χ0n) is 59.0. The maximum atomic E-state index is 15.5. The fourth-order valence-corrected chi connectivity index (χ4v) is 12.6. The van der Waals surface area contributed by atoms with Gasteiger partial charge in [0, 0.05) is 69.2 Å². The van der Waals surface area contributed by atoms with E-state index >= 15 is 19.2 Å². The van der Waals surface area contributed by atoms with Gasteiger partial charge in [0.2, 0.25) is 59.1 Å². The van der Waals surface area contributed by atoms with E-state index in [9.17, 15) is 48.6 Å². The quantitative estimate of drug-likeness (QED) is 0.0443. The standard InChI is InChI=1S/C74H97ClN14O14/c1-43(2)35-57-65(94)82-56(19-10-11-32-78-44(3)4)73(102)88-34-14-20-62(88)70(99)80-45(5)72(101)89(46(6)91)63(40-49-21-26-51-16-7-8-17-52(51)36-49)71(100)86-59(37-47-22-27-53(75)28-23-47)67(96)84-60(39-50-15-13-31-77-41-50)68(97)87-61(42-90)69(98)85-58(38-48-24-29-54(92)30-25-48)66(95)81-55(64(93)83-57)18-9-12-33-79-74(76)103/h7-8,13,15-17,21-31,36,41,43-45,55-63,78,90,92H,9-12,14,18-20,32-35,37-40,42H2,1-6H3,(H,80,99)(H,81,95)(H,82,94)(H,83,93)(H,84,96)(H,85,98)(H,86,100)(H,87,97)(H3,76,79,103)/t45-,55-,56+,57+,58+,59-,60-,61+,62+,63-/m1/s1. The topological polar surface area (TPSA) is 411 Å². The third kappa shape index (κ3) is 24.6. The lowest BCUT2D eigenvalue weighted by molar-refractivity contribution is -0.153. The molecule has 0 aliphatic carbocycles. The smallest absolute Gasteiger partial charge is 0.312 e. The molecule has 2 fully saturated rings. The molecular formula is C74H97ClN14O14. The molecule has 0 radical (unpaired) electrons. The number of carbonyl (C=O) groups is 12. The minimum Gasteiger partial charge on any atom is -0.508 e. The number of nitrogens with one attached hydrogen (secondary N) is 10. The first-order valence-corrected chi connectivity index (χ1v) is 35.4. The normalized spacial score (nSPS) is 22.8. The first-order valence-electron chi connectivity index (χ1n) is 35.0. The molecule has 1 aromatic heterocycles. The van der Waals surface area contributed by atoms with E-state index in [1.165, 1.54) is 48.5 Å². The molecule has 10 atom stereocenters. The van der Waals surface area contributed by atoms with Crippen molar-refractivity contribution in [1.29, 1.82) is 0 Å². The second-order valence-corrected chi connectivity index (χ2v) is 27.4. The minimum atomic E-state index is -1.85. The van der Waals surface area contributed by atoms with Gasteiger partial charge >= 0.3 is 6.03 Å². The maximum Gasteiger partial charge on any atom is 0.312 e. The van der Waals surface area contributed by atoms with Crippen LogP contribution in [0.3, 0.4) is 0 Å². The van der Waals surface area contributed by atoms with Gasteiger partial charge in [-0.25, -0.2) is 4.79 Å². The molecule has 2 aliphatic rings. The summed E-state index contributed by atoms with van der Waals surface area (Å²) in [6.07, 6.45) is 3.57. The number of phenols is 1. The summed E-state index contributed by atoms with van der Waals surface area (Å²) in [5, 5.41) is 50.7. The number of hydrogen-bond acceptors (Lipinski definition) is 16. The highest BCUT2D eigenvalue weighted by atomic mass is 35.5. The number of nitrogens with two attached hydrogens (primary N) is 1. The molecule has 2 aliphatic heterocycles. The van der Waals surface area contributed by atoms with Gasteiger partial charge in [-0.15, -0.1) is 0 Å². The van der Waals surface area contributed by atoms with Crippen molar-refractivity contribution in [2.75, 3.05) is 26.2 Å². The molecule has 13 amide bonds. The Hall–Kier alpha value is -10.1. The van der Waals surface area contributed by atoms with Gasteiger partial charge in [0.15, 0.2) is 0 Å². The third-order valence-corrected chi connectivity index (χ3v) is 18.1. The number of carbonyl (C=O) groups excluding carboxylic acids is 12. The van der Waals surface area contributed by atoms with Crippen LogP contribution in [0, 0.1) is 5.92 Å². The van der Waals surface area contributed by atoms with Crippen molar-refractivity contribution >= 4 is 93.4 Å². The molecular weight excluding hydrogens is 1340 g/mol. The lowest BCUT2D eigenvalue weighted by atomic mass is 9.98. The van der Waals surface area contributed by atoms with Gasteiger partial charge < -0.3 is 74.0 Å². The Kier molecular flexibility index (Phi) is 30.7. The second-order valence-electron chi connectivity index (χ2n) is 26.9. The number of primary amides is 1. The number of aromatic hydroxyl groups is 1. The number of fused-ring (bicyclic) bond motifs is 2. The van der Waals surface area contributed by atoms with Crippen LogP contribution < -0.4 is 58.9 Å². The van der Waals surface area contributed by atoms with E-state index < -0.39 is 138 Å². The van der Waals surface area contributed by atoms with Crippen molar-refractivity contribution in [3.8, 4) is 5.75 Å². The molecule has 4 aromatic carbocycles. The summed E-state index contributed by atoms with van der Waals surface area (Å²) < 4.78 is 0. The number of benzene rings is 4. The van der Waals surface area contributed by atoms with Gasteiger partial charge in [0.1, 0.15) is 66.2 Å². The average Bonchev–Trinajstić information content (AvgIpc) is 1.75. The van der Waals surface area contributed by atoms with E-state index in [2.05, 4.69) is 58.2 Å². The summed E-state index contributed by atoms with van der Waals surface area (Å²) in [6.45, 7) is 9.60. The van der Waals surface area contributed by atoms with E-state index in [4.69, 9.17) is 17.3 Å². The number of unbranched alkanes of at least 4 members (excludes halogenated alkanes) is 2. The number of rotatable bonds is 22. The lowest BCUT2D eigenvalue weighted by Gasteiger charge is -2.33. The Labute approximate surface area is 604 Å². The number of urea groups is 1. The summed E-state index contributed by atoms with van der Waals surface area (Å²) in [4.78, 5) is 182. The largest absolute Gasteiger partial charge is 0.508 e. The Morgan fingerprint density at radius 3 is 1.69 bits per heavy atom. The van der Waals surface area contributed by atoms with Gasteiger partial charge in [-0.1, -0.05) is 112 Å². The zero-order chi connectivity index (χ0) is 74.9. The summed E-state index contributed by atoms with van der Waals surface area (Å²) in [7, 11) is 0. The van der Waals surface area contributed by atoms with Gasteiger partial charge in [-0.05, 0) is 141 Å². The van der Waals surface area contributed by atoms with Crippen molar-refractivity contribution in [1.82, 2.24) is 68.0 Å². The number of nitrogens with zero attached hydrogens (tertiary/aromatic N) is 3. The van der Waals surface area contributed by atoms with Crippen LogP contribution in [0.5, 0.6) is 5.75 Å². The predicted molar refractivity (Wildman–Crippen MR) is 385 cm³/mol. The van der Waals surface area contributed by atoms with Crippen molar-refractivity contribution in [2.24, 2.45) is 11.7 Å². The fourth-order valence-electron chi connectivity index (χ4n) is 12.5. The second kappa shape index (κ2) is 39.4. The van der Waals surface area contributed by atoms with E-state index in [0.29, 0.717) is 58.0 Å².